The number of carbonyl (C=O) groups is 1. The summed E-state index contributed by atoms with van der Waals surface area (Å²) in [6, 6.07) is 0. The van der Waals surface area contributed by atoms with E-state index in [2.05, 4.69) is 6.58 Å². The zero-order chi connectivity index (χ0) is 8.69. The first-order valence-corrected chi connectivity index (χ1v) is 3.30. The van der Waals surface area contributed by atoms with Gasteiger partial charge in [0.15, 0.2) is 0 Å². The molecule has 0 rings (SSSR count). The Kier molecular flexibility index (Phi) is 5.03. The lowest BCUT2D eigenvalue weighted by molar-refractivity contribution is -0.104. The lowest BCUT2D eigenvalue weighted by Gasteiger charge is -1.89. The van der Waals surface area contributed by atoms with Crippen molar-refractivity contribution in [3.8, 4) is 0 Å². The van der Waals surface area contributed by atoms with E-state index in [-0.39, 0.29) is 6.61 Å². The highest BCUT2D eigenvalue weighted by Gasteiger charge is 1.84. The van der Waals surface area contributed by atoms with Gasteiger partial charge in [-0.3, -0.25) is 4.79 Å². The van der Waals surface area contributed by atoms with Gasteiger partial charge in [0, 0.05) is 5.57 Å². The number of rotatable bonds is 4. The molecule has 1 N–H and O–H groups in total. The molecule has 0 radical (unpaired) electrons. The van der Waals surface area contributed by atoms with Gasteiger partial charge in [0.05, 0.1) is 6.61 Å². The van der Waals surface area contributed by atoms with Crippen LogP contribution in [-0.4, -0.2) is 18.0 Å². The maximum atomic E-state index is 10.2. The van der Waals surface area contributed by atoms with Crippen LogP contribution in [0.3, 0.4) is 0 Å². The van der Waals surface area contributed by atoms with Crippen LogP contribution < -0.4 is 0 Å². The van der Waals surface area contributed by atoms with Gasteiger partial charge in [-0.1, -0.05) is 24.8 Å². The topological polar surface area (TPSA) is 37.3 Å². The van der Waals surface area contributed by atoms with Crippen LogP contribution in [0.2, 0.25) is 0 Å². The summed E-state index contributed by atoms with van der Waals surface area (Å²) >= 11 is 0. The largest absolute Gasteiger partial charge is 0.392 e. The average molecular weight is 152 g/mol. The molecule has 0 aliphatic rings. The number of carbonyl (C=O) groups excluding carboxylic acids is 1. The van der Waals surface area contributed by atoms with E-state index in [9.17, 15) is 4.79 Å². The van der Waals surface area contributed by atoms with Crippen LogP contribution >= 0.6 is 0 Å². The Bertz CT molecular complexity index is 190. The van der Waals surface area contributed by atoms with Crippen LogP contribution in [0.4, 0.5) is 0 Å². The Morgan fingerprint density at radius 2 is 2.18 bits per heavy atom. The van der Waals surface area contributed by atoms with Gasteiger partial charge < -0.3 is 5.11 Å². The van der Waals surface area contributed by atoms with E-state index in [4.69, 9.17) is 5.11 Å². The standard InChI is InChI=1S/C9H12O2/c1-3-9(7-11)5-4-8(2)6-10/h3-5,7,10H,1,6H2,2H3/b8-4+,9-5+. The van der Waals surface area contributed by atoms with Crippen LogP contribution in [0.5, 0.6) is 0 Å². The van der Waals surface area contributed by atoms with Crippen LogP contribution in [0.1, 0.15) is 6.92 Å². The third-order valence-electron chi connectivity index (χ3n) is 1.18. The first kappa shape index (κ1) is 9.85. The molecule has 0 fully saturated rings. The third-order valence-corrected chi connectivity index (χ3v) is 1.18. The molecule has 0 atom stereocenters. The fraction of sp³-hybridized carbons (Fsp3) is 0.222. The Balaban J connectivity index is 4.29. The predicted octanol–water partition coefficient (Wildman–Crippen LogP) is 1.24. The van der Waals surface area contributed by atoms with E-state index in [0.717, 1.165) is 5.57 Å². The summed E-state index contributed by atoms with van der Waals surface area (Å²) in [5, 5.41) is 8.58. The van der Waals surface area contributed by atoms with E-state index < -0.39 is 0 Å². The number of aldehydes is 1. The first-order valence-electron chi connectivity index (χ1n) is 3.30. The van der Waals surface area contributed by atoms with E-state index >= 15 is 0 Å². The maximum absolute atomic E-state index is 10.2. The minimum Gasteiger partial charge on any atom is -0.392 e. The van der Waals surface area contributed by atoms with Crippen molar-refractivity contribution in [1.82, 2.24) is 0 Å². The van der Waals surface area contributed by atoms with Crippen LogP contribution in [0.25, 0.3) is 0 Å². The van der Waals surface area contributed by atoms with Crippen molar-refractivity contribution in [3.05, 3.63) is 36.0 Å². The first-order chi connectivity index (χ1) is 5.24. The number of allylic oxidation sites excluding steroid dienone is 4. The second-order valence-electron chi connectivity index (χ2n) is 2.16. The molecule has 11 heavy (non-hydrogen) atoms. The van der Waals surface area contributed by atoms with Crippen LogP contribution in [-0.2, 0) is 4.79 Å². The molecular weight excluding hydrogens is 140 g/mol. The summed E-state index contributed by atoms with van der Waals surface area (Å²) in [5.74, 6) is 0. The summed E-state index contributed by atoms with van der Waals surface area (Å²) in [7, 11) is 0. The third kappa shape index (κ3) is 4.28. The highest BCUT2D eigenvalue weighted by Crippen LogP contribution is 1.95. The normalized spacial score (nSPS) is 12.9. The van der Waals surface area contributed by atoms with Crippen molar-refractivity contribution in [2.24, 2.45) is 0 Å². The van der Waals surface area contributed by atoms with Crippen molar-refractivity contribution >= 4 is 6.29 Å². The second-order valence-corrected chi connectivity index (χ2v) is 2.16. The number of hydrogen-bond donors (Lipinski definition) is 1. The van der Waals surface area contributed by atoms with Crippen molar-refractivity contribution in [1.29, 1.82) is 0 Å². The van der Waals surface area contributed by atoms with Gasteiger partial charge >= 0.3 is 0 Å². The van der Waals surface area contributed by atoms with Gasteiger partial charge in [0.1, 0.15) is 6.29 Å². The number of hydrogen-bond acceptors (Lipinski definition) is 2. The molecule has 0 aromatic rings. The fourth-order valence-electron chi connectivity index (χ4n) is 0.447. The van der Waals surface area contributed by atoms with E-state index in [1.165, 1.54) is 6.08 Å². The number of aliphatic hydroxyl groups excluding tert-OH is 1. The van der Waals surface area contributed by atoms with Gasteiger partial charge in [0.2, 0.25) is 0 Å². The lowest BCUT2D eigenvalue weighted by Crippen LogP contribution is -1.83. The molecule has 0 unspecified atom stereocenters. The highest BCUT2D eigenvalue weighted by atomic mass is 16.3. The zero-order valence-electron chi connectivity index (χ0n) is 6.58. The Hall–Kier alpha value is -1.15. The summed E-state index contributed by atoms with van der Waals surface area (Å²) in [4.78, 5) is 10.2. The van der Waals surface area contributed by atoms with Gasteiger partial charge in [0.25, 0.3) is 0 Å². The van der Waals surface area contributed by atoms with Gasteiger partial charge in [-0.15, -0.1) is 0 Å². The van der Waals surface area contributed by atoms with Crippen molar-refractivity contribution in [3.63, 3.8) is 0 Å². The fourth-order valence-corrected chi connectivity index (χ4v) is 0.447. The molecule has 0 aromatic heterocycles. The second kappa shape index (κ2) is 5.62. The SMILES string of the molecule is C=C/C(C=O)=C\C=C(/C)CO. The Morgan fingerprint density at radius 3 is 2.55 bits per heavy atom. The van der Waals surface area contributed by atoms with Gasteiger partial charge in [-0.2, -0.15) is 0 Å². The predicted molar refractivity (Wildman–Crippen MR) is 45.2 cm³/mol. The van der Waals surface area contributed by atoms with Crippen molar-refractivity contribution < 1.29 is 9.90 Å². The minimum absolute atomic E-state index is 0.0137. The molecule has 60 valence electrons. The van der Waals surface area contributed by atoms with Crippen LogP contribution in [0, 0.1) is 0 Å². The average Bonchev–Trinajstić information content (AvgIpc) is 2.06. The smallest absolute Gasteiger partial charge is 0.150 e. The minimum atomic E-state index is 0.0137. The molecule has 0 aromatic carbocycles. The monoisotopic (exact) mass is 152 g/mol. The zero-order valence-corrected chi connectivity index (χ0v) is 6.58. The molecule has 0 heterocycles. The van der Waals surface area contributed by atoms with Gasteiger partial charge in [-0.05, 0) is 12.5 Å². The van der Waals surface area contributed by atoms with Crippen LogP contribution in [0.15, 0.2) is 36.0 Å². The molecule has 0 bridgehead atoms. The molecule has 0 saturated heterocycles. The Morgan fingerprint density at radius 1 is 1.55 bits per heavy atom. The van der Waals surface area contributed by atoms with E-state index in [1.807, 2.05) is 0 Å². The van der Waals surface area contributed by atoms with E-state index in [1.54, 1.807) is 19.1 Å². The molecule has 2 nitrogen and oxygen atoms in total. The summed E-state index contributed by atoms with van der Waals surface area (Å²) in [6.45, 7) is 5.24. The summed E-state index contributed by atoms with van der Waals surface area (Å²) in [5.41, 5.74) is 1.32. The highest BCUT2D eigenvalue weighted by molar-refractivity contribution is 5.77. The number of aliphatic hydroxyl groups is 1. The molecule has 0 aliphatic carbocycles. The molecule has 0 amide bonds. The Labute approximate surface area is 66.5 Å². The van der Waals surface area contributed by atoms with E-state index in [0.29, 0.717) is 11.9 Å². The van der Waals surface area contributed by atoms with Gasteiger partial charge in [-0.25, -0.2) is 0 Å². The molecular formula is C9H12O2. The summed E-state index contributed by atoms with van der Waals surface area (Å²) in [6.07, 6.45) is 5.49. The van der Waals surface area contributed by atoms with Crippen molar-refractivity contribution in [2.45, 2.75) is 6.92 Å². The molecule has 0 saturated carbocycles. The molecule has 0 spiro atoms. The quantitative estimate of drug-likeness (QED) is 0.374. The summed E-state index contributed by atoms with van der Waals surface area (Å²) < 4.78 is 0. The molecule has 2 heteroatoms. The molecule has 0 aliphatic heterocycles. The van der Waals surface area contributed by atoms with Crippen molar-refractivity contribution in [2.75, 3.05) is 6.61 Å². The lowest BCUT2D eigenvalue weighted by atomic mass is 10.2. The maximum Gasteiger partial charge on any atom is 0.150 e.